The lowest BCUT2D eigenvalue weighted by molar-refractivity contribution is -0.132. The van der Waals surface area contributed by atoms with Crippen molar-refractivity contribution in [2.24, 2.45) is 0 Å². The molecular weight excluding hydrogens is 338 g/mol. The molecule has 0 unspecified atom stereocenters. The number of hydrogen-bond donors (Lipinski definition) is 0. The van der Waals surface area contributed by atoms with E-state index in [4.69, 9.17) is 14.2 Å². The molecule has 1 atom stereocenters. The molecule has 2 aromatic rings. The van der Waals surface area contributed by atoms with Crippen LogP contribution >= 0.6 is 0 Å². The number of methoxy groups -OCH3 is 1. The van der Waals surface area contributed by atoms with E-state index < -0.39 is 18.2 Å². The highest BCUT2D eigenvalue weighted by molar-refractivity contribution is 6.04. The molecule has 2 aromatic carbocycles. The van der Waals surface area contributed by atoms with Gasteiger partial charge in [0.1, 0.15) is 0 Å². The van der Waals surface area contributed by atoms with Crippen LogP contribution in [0.2, 0.25) is 0 Å². The molecule has 0 radical (unpaired) electrons. The van der Waals surface area contributed by atoms with Gasteiger partial charge in [-0.3, -0.25) is 14.5 Å². The number of carbonyl (C=O) groups is 3. The largest absolute Gasteiger partial charge is 0.493 e. The Bertz CT molecular complexity index is 891. The van der Waals surface area contributed by atoms with Crippen LogP contribution in [-0.4, -0.2) is 25.0 Å². The Kier molecular flexibility index (Phi) is 4.62. The van der Waals surface area contributed by atoms with Crippen molar-refractivity contribution in [2.75, 3.05) is 12.0 Å². The fraction of sp³-hybridized carbons (Fsp3) is 0.211. The van der Waals surface area contributed by atoms with E-state index >= 15 is 0 Å². The number of amides is 1. The zero-order valence-electron chi connectivity index (χ0n) is 14.5. The minimum absolute atomic E-state index is 0.103. The maximum absolute atomic E-state index is 12.4. The Balaban J connectivity index is 2.19. The maximum atomic E-state index is 12.4. The number of para-hydroxylation sites is 2. The zero-order valence-corrected chi connectivity index (χ0v) is 14.5. The van der Waals surface area contributed by atoms with Crippen molar-refractivity contribution in [1.82, 2.24) is 0 Å². The third-order valence-electron chi connectivity index (χ3n) is 3.92. The van der Waals surface area contributed by atoms with Gasteiger partial charge >= 0.3 is 11.9 Å². The number of rotatable bonds is 3. The van der Waals surface area contributed by atoms with Crippen LogP contribution in [0.5, 0.6) is 11.5 Å². The van der Waals surface area contributed by atoms with E-state index in [2.05, 4.69) is 0 Å². The van der Waals surface area contributed by atoms with E-state index in [9.17, 15) is 14.4 Å². The van der Waals surface area contributed by atoms with Crippen molar-refractivity contribution in [3.8, 4) is 11.5 Å². The van der Waals surface area contributed by atoms with Crippen LogP contribution in [0.4, 0.5) is 5.69 Å². The molecule has 1 amide bonds. The third-order valence-corrected chi connectivity index (χ3v) is 3.92. The topological polar surface area (TPSA) is 82.1 Å². The van der Waals surface area contributed by atoms with Crippen molar-refractivity contribution in [3.05, 3.63) is 53.6 Å². The number of anilines is 1. The monoisotopic (exact) mass is 355 g/mol. The highest BCUT2D eigenvalue weighted by atomic mass is 16.6. The second-order valence-electron chi connectivity index (χ2n) is 5.64. The summed E-state index contributed by atoms with van der Waals surface area (Å²) in [5.74, 6) is -1.07. The lowest BCUT2D eigenvalue weighted by Crippen LogP contribution is -2.40. The van der Waals surface area contributed by atoms with Crippen LogP contribution in [0.1, 0.15) is 36.0 Å². The summed E-state index contributed by atoms with van der Waals surface area (Å²) in [5.41, 5.74) is 1.05. The normalized spacial score (nSPS) is 15.7. The fourth-order valence-corrected chi connectivity index (χ4v) is 2.88. The van der Waals surface area contributed by atoms with Crippen molar-refractivity contribution in [2.45, 2.75) is 20.1 Å². The van der Waals surface area contributed by atoms with E-state index in [1.807, 2.05) is 0 Å². The second-order valence-corrected chi connectivity index (χ2v) is 5.64. The smallest absolute Gasteiger partial charge is 0.342 e. The highest BCUT2D eigenvalue weighted by Crippen LogP contribution is 2.43. The Hall–Kier alpha value is -3.35. The number of cyclic esters (lactones) is 1. The van der Waals surface area contributed by atoms with Gasteiger partial charge in [-0.1, -0.05) is 18.2 Å². The van der Waals surface area contributed by atoms with Gasteiger partial charge in [-0.05, 0) is 24.3 Å². The Morgan fingerprint density at radius 1 is 1.08 bits per heavy atom. The lowest BCUT2D eigenvalue weighted by Gasteiger charge is -2.36. The number of hydrogen-bond acceptors (Lipinski definition) is 6. The van der Waals surface area contributed by atoms with Gasteiger partial charge in [-0.25, -0.2) is 4.79 Å². The highest BCUT2D eigenvalue weighted by Gasteiger charge is 2.38. The summed E-state index contributed by atoms with van der Waals surface area (Å²) in [5, 5.41) is 0. The molecule has 0 spiro atoms. The zero-order chi connectivity index (χ0) is 18.8. The first-order chi connectivity index (χ1) is 12.4. The summed E-state index contributed by atoms with van der Waals surface area (Å²) in [6.45, 7) is 2.62. The molecule has 3 rings (SSSR count). The standard InChI is InChI=1S/C19H17NO6/c1-11(21)20-15-9-5-4-7-13(15)19(23)26-18(20)14-8-6-10-16(24-3)17(14)25-12(2)22/h4-10,18H,1-3H3/t18-/m0/s1. The number of fused-ring (bicyclic) bond motifs is 1. The first-order valence-corrected chi connectivity index (χ1v) is 7.89. The van der Waals surface area contributed by atoms with Crippen molar-refractivity contribution in [1.29, 1.82) is 0 Å². The van der Waals surface area contributed by atoms with Gasteiger partial charge in [0.15, 0.2) is 11.5 Å². The predicted octanol–water partition coefficient (Wildman–Crippen LogP) is 2.84. The van der Waals surface area contributed by atoms with Crippen molar-refractivity contribution >= 4 is 23.5 Å². The van der Waals surface area contributed by atoms with Crippen LogP contribution in [0.25, 0.3) is 0 Å². The van der Waals surface area contributed by atoms with Gasteiger partial charge in [-0.2, -0.15) is 0 Å². The van der Waals surface area contributed by atoms with Gasteiger partial charge < -0.3 is 14.2 Å². The summed E-state index contributed by atoms with van der Waals surface area (Å²) >= 11 is 0. The number of benzene rings is 2. The molecule has 0 N–H and O–H groups in total. The molecule has 0 bridgehead atoms. The quantitative estimate of drug-likeness (QED) is 0.622. The molecular formula is C19H17NO6. The van der Waals surface area contributed by atoms with E-state index in [0.29, 0.717) is 11.3 Å². The minimum Gasteiger partial charge on any atom is -0.493 e. The van der Waals surface area contributed by atoms with Crippen LogP contribution < -0.4 is 14.4 Å². The van der Waals surface area contributed by atoms with E-state index in [1.54, 1.807) is 42.5 Å². The fourth-order valence-electron chi connectivity index (χ4n) is 2.88. The summed E-state index contributed by atoms with van der Waals surface area (Å²) in [6.07, 6.45) is -1.08. The third kappa shape index (κ3) is 2.99. The van der Waals surface area contributed by atoms with E-state index in [-0.39, 0.29) is 23.0 Å². The van der Waals surface area contributed by atoms with E-state index in [0.717, 1.165) is 0 Å². The molecule has 1 aliphatic heterocycles. The van der Waals surface area contributed by atoms with Crippen molar-refractivity contribution in [3.63, 3.8) is 0 Å². The van der Waals surface area contributed by atoms with Crippen LogP contribution in [0.15, 0.2) is 42.5 Å². The summed E-state index contributed by atoms with van der Waals surface area (Å²) in [7, 11) is 1.43. The molecule has 134 valence electrons. The summed E-state index contributed by atoms with van der Waals surface area (Å²) in [4.78, 5) is 37.6. The number of nitrogens with zero attached hydrogens (tertiary/aromatic N) is 1. The van der Waals surface area contributed by atoms with Gasteiger partial charge in [0.25, 0.3) is 0 Å². The predicted molar refractivity (Wildman–Crippen MR) is 92.1 cm³/mol. The van der Waals surface area contributed by atoms with Gasteiger partial charge in [0, 0.05) is 13.8 Å². The molecule has 1 heterocycles. The first kappa shape index (κ1) is 17.5. The molecule has 7 nitrogen and oxygen atoms in total. The number of ether oxygens (including phenoxy) is 3. The van der Waals surface area contributed by atoms with Gasteiger partial charge in [0.05, 0.1) is 23.9 Å². The van der Waals surface area contributed by atoms with E-state index in [1.165, 1.54) is 25.9 Å². The summed E-state index contributed by atoms with van der Waals surface area (Å²) in [6, 6.07) is 11.5. The average Bonchev–Trinajstić information content (AvgIpc) is 2.61. The van der Waals surface area contributed by atoms with Crippen molar-refractivity contribution < 1.29 is 28.6 Å². The molecule has 26 heavy (non-hydrogen) atoms. The minimum atomic E-state index is -1.08. The molecule has 0 aromatic heterocycles. The van der Waals surface area contributed by atoms with Gasteiger partial charge in [0.2, 0.25) is 12.1 Å². The van der Waals surface area contributed by atoms with Gasteiger partial charge in [-0.15, -0.1) is 0 Å². The molecule has 0 aliphatic carbocycles. The lowest BCUT2D eigenvalue weighted by atomic mass is 10.1. The molecule has 0 saturated carbocycles. The molecule has 7 heteroatoms. The Labute approximate surface area is 150 Å². The maximum Gasteiger partial charge on any atom is 0.342 e. The van der Waals surface area contributed by atoms with Crippen LogP contribution in [0, 0.1) is 0 Å². The second kappa shape index (κ2) is 6.87. The Morgan fingerprint density at radius 3 is 2.46 bits per heavy atom. The molecule has 1 aliphatic rings. The molecule has 0 fully saturated rings. The molecule has 0 saturated heterocycles. The summed E-state index contributed by atoms with van der Waals surface area (Å²) < 4.78 is 16.0. The van der Waals surface area contributed by atoms with Crippen LogP contribution in [-0.2, 0) is 14.3 Å². The number of esters is 2. The number of carbonyl (C=O) groups excluding carboxylic acids is 3. The SMILES string of the molecule is COc1cccc([C@@H]2OC(=O)c3ccccc3N2C(C)=O)c1OC(C)=O. The van der Waals surface area contributed by atoms with Crippen LogP contribution in [0.3, 0.4) is 0 Å². The average molecular weight is 355 g/mol. The first-order valence-electron chi connectivity index (χ1n) is 7.89. The Morgan fingerprint density at radius 2 is 1.81 bits per heavy atom.